The molecule has 1 amide bonds. The van der Waals surface area contributed by atoms with Crippen LogP contribution in [0.5, 0.6) is 0 Å². The maximum Gasteiger partial charge on any atom is 0.254 e. The summed E-state index contributed by atoms with van der Waals surface area (Å²) in [5.74, 6) is -2.78. The molecule has 0 aliphatic heterocycles. The molecule has 3 nitrogen and oxygen atoms in total. The first-order chi connectivity index (χ1) is 7.52. The van der Waals surface area contributed by atoms with Crippen molar-refractivity contribution in [1.82, 2.24) is 5.32 Å². The number of hydrogen-bond acceptors (Lipinski definition) is 2. The normalized spacial score (nSPS) is 11.5. The molecule has 0 aromatic heterocycles. The third kappa shape index (κ3) is 4.66. The predicted molar refractivity (Wildman–Crippen MR) is 64.2 cm³/mol. The number of carbonyl (C=O) groups is 1. The van der Waals surface area contributed by atoms with Gasteiger partial charge in [-0.3, -0.25) is 4.79 Å². The van der Waals surface area contributed by atoms with Gasteiger partial charge in [0.05, 0.1) is 5.56 Å². The van der Waals surface area contributed by atoms with Crippen molar-refractivity contribution >= 4 is 18.3 Å². The van der Waals surface area contributed by atoms with Gasteiger partial charge >= 0.3 is 0 Å². The number of carbonyl (C=O) groups excluding carboxylic acids is 1. The molecule has 0 bridgehead atoms. The minimum atomic E-state index is -1.12. The van der Waals surface area contributed by atoms with E-state index < -0.39 is 17.5 Å². The molecule has 3 N–H and O–H groups in total. The molecule has 0 aliphatic rings. The summed E-state index contributed by atoms with van der Waals surface area (Å²) in [7, 11) is 0. The highest BCUT2D eigenvalue weighted by Crippen LogP contribution is 2.10. The molecule has 17 heavy (non-hydrogen) atoms. The Kier molecular flexibility index (Phi) is 6.68. The van der Waals surface area contributed by atoms with Crippen molar-refractivity contribution in [3.05, 3.63) is 35.4 Å². The first-order valence-electron chi connectivity index (χ1n) is 5.00. The van der Waals surface area contributed by atoms with E-state index in [-0.39, 0.29) is 24.0 Å². The van der Waals surface area contributed by atoms with Crippen LogP contribution in [0.1, 0.15) is 23.7 Å². The van der Waals surface area contributed by atoms with Gasteiger partial charge in [0.2, 0.25) is 0 Å². The molecule has 1 aromatic carbocycles. The number of amides is 1. The molecule has 1 rings (SSSR count). The van der Waals surface area contributed by atoms with Crippen LogP contribution in [0.15, 0.2) is 18.2 Å². The number of rotatable bonds is 4. The molecule has 0 heterocycles. The van der Waals surface area contributed by atoms with Crippen LogP contribution in [0.2, 0.25) is 0 Å². The van der Waals surface area contributed by atoms with Crippen LogP contribution in [0.4, 0.5) is 8.78 Å². The maximum atomic E-state index is 13.2. The van der Waals surface area contributed by atoms with Gasteiger partial charge in [0, 0.05) is 12.6 Å². The largest absolute Gasteiger partial charge is 0.352 e. The van der Waals surface area contributed by atoms with Gasteiger partial charge in [-0.25, -0.2) is 8.78 Å². The summed E-state index contributed by atoms with van der Waals surface area (Å²) in [6.07, 6.45) is 0.586. The van der Waals surface area contributed by atoms with Crippen molar-refractivity contribution in [3.8, 4) is 0 Å². The van der Waals surface area contributed by atoms with E-state index >= 15 is 0 Å². The lowest BCUT2D eigenvalue weighted by Crippen LogP contribution is -2.29. The van der Waals surface area contributed by atoms with Gasteiger partial charge in [-0.1, -0.05) is 6.07 Å². The SMILES string of the molecule is CC(N)CCNC(=O)c1cccc(F)c1F.Cl. The first kappa shape index (κ1) is 15.8. The molecule has 0 aliphatic carbocycles. The fraction of sp³-hybridized carbons (Fsp3) is 0.364. The first-order valence-corrected chi connectivity index (χ1v) is 5.00. The zero-order chi connectivity index (χ0) is 12.1. The molecule has 0 saturated carbocycles. The monoisotopic (exact) mass is 264 g/mol. The summed E-state index contributed by atoms with van der Waals surface area (Å²) in [6.45, 7) is 2.14. The molecule has 1 unspecified atom stereocenters. The summed E-state index contributed by atoms with van der Waals surface area (Å²) >= 11 is 0. The summed E-state index contributed by atoms with van der Waals surface area (Å²) in [5.41, 5.74) is 5.20. The Morgan fingerprint density at radius 1 is 1.47 bits per heavy atom. The molecule has 1 atom stereocenters. The smallest absolute Gasteiger partial charge is 0.254 e. The average Bonchev–Trinajstić information content (AvgIpc) is 2.21. The molecule has 1 aromatic rings. The average molecular weight is 265 g/mol. The topological polar surface area (TPSA) is 55.1 Å². The standard InChI is InChI=1S/C11H14F2N2O.ClH/c1-7(14)5-6-15-11(16)8-3-2-4-9(12)10(8)13;/h2-4,7H,5-6,14H2,1H3,(H,15,16);1H. The summed E-state index contributed by atoms with van der Waals surface area (Å²) < 4.78 is 26.0. The van der Waals surface area contributed by atoms with Crippen molar-refractivity contribution in [2.45, 2.75) is 19.4 Å². The van der Waals surface area contributed by atoms with Gasteiger partial charge in [0.25, 0.3) is 5.91 Å². The van der Waals surface area contributed by atoms with Crippen LogP contribution in [0, 0.1) is 11.6 Å². The Bertz CT molecular complexity index is 386. The highest BCUT2D eigenvalue weighted by molar-refractivity contribution is 5.94. The van der Waals surface area contributed by atoms with Crippen LogP contribution >= 0.6 is 12.4 Å². The molecular formula is C11H15ClF2N2O. The minimum absolute atomic E-state index is 0. The Balaban J connectivity index is 0.00000256. The van der Waals surface area contributed by atoms with Crippen molar-refractivity contribution in [1.29, 1.82) is 0 Å². The molecule has 0 saturated heterocycles. The number of benzene rings is 1. The lowest BCUT2D eigenvalue weighted by atomic mass is 10.2. The van der Waals surface area contributed by atoms with E-state index in [1.54, 1.807) is 6.92 Å². The summed E-state index contributed by atoms with van der Waals surface area (Å²) in [5, 5.41) is 2.47. The third-order valence-electron chi connectivity index (χ3n) is 2.08. The van der Waals surface area contributed by atoms with E-state index in [0.717, 1.165) is 6.07 Å². The number of hydrogen-bond donors (Lipinski definition) is 2. The zero-order valence-electron chi connectivity index (χ0n) is 9.37. The third-order valence-corrected chi connectivity index (χ3v) is 2.08. The predicted octanol–water partition coefficient (Wildman–Crippen LogP) is 1.85. The van der Waals surface area contributed by atoms with Crippen LogP contribution < -0.4 is 11.1 Å². The van der Waals surface area contributed by atoms with Crippen LogP contribution in [-0.4, -0.2) is 18.5 Å². The maximum absolute atomic E-state index is 13.2. The lowest BCUT2D eigenvalue weighted by Gasteiger charge is -2.08. The second kappa shape index (κ2) is 7.19. The quantitative estimate of drug-likeness (QED) is 0.872. The molecule has 0 spiro atoms. The van der Waals surface area contributed by atoms with E-state index in [4.69, 9.17) is 5.73 Å². The summed E-state index contributed by atoms with van der Waals surface area (Å²) in [6, 6.07) is 3.45. The number of halogens is 3. The Hall–Kier alpha value is -1.20. The van der Waals surface area contributed by atoms with Crippen molar-refractivity contribution in [2.24, 2.45) is 5.73 Å². The van der Waals surface area contributed by atoms with E-state index in [1.807, 2.05) is 0 Å². The Labute approximate surface area is 105 Å². The van der Waals surface area contributed by atoms with Gasteiger partial charge in [0.15, 0.2) is 11.6 Å². The molecular weight excluding hydrogens is 250 g/mol. The van der Waals surface area contributed by atoms with Crippen LogP contribution in [-0.2, 0) is 0 Å². The Morgan fingerprint density at radius 3 is 2.71 bits per heavy atom. The Morgan fingerprint density at radius 2 is 2.12 bits per heavy atom. The fourth-order valence-electron chi connectivity index (χ4n) is 1.19. The molecule has 0 radical (unpaired) electrons. The van der Waals surface area contributed by atoms with E-state index in [0.29, 0.717) is 13.0 Å². The fourth-order valence-corrected chi connectivity index (χ4v) is 1.19. The van der Waals surface area contributed by atoms with Gasteiger partial charge in [-0.15, -0.1) is 12.4 Å². The van der Waals surface area contributed by atoms with Crippen molar-refractivity contribution in [2.75, 3.05) is 6.54 Å². The highest BCUT2D eigenvalue weighted by atomic mass is 35.5. The molecule has 0 fully saturated rings. The lowest BCUT2D eigenvalue weighted by molar-refractivity contribution is 0.0947. The number of nitrogens with two attached hydrogens (primary N) is 1. The van der Waals surface area contributed by atoms with E-state index in [9.17, 15) is 13.6 Å². The molecule has 96 valence electrons. The van der Waals surface area contributed by atoms with Gasteiger partial charge in [-0.2, -0.15) is 0 Å². The number of nitrogens with one attached hydrogen (secondary N) is 1. The second-order valence-corrected chi connectivity index (χ2v) is 3.62. The zero-order valence-corrected chi connectivity index (χ0v) is 10.2. The van der Waals surface area contributed by atoms with Crippen LogP contribution in [0.3, 0.4) is 0 Å². The van der Waals surface area contributed by atoms with Crippen molar-refractivity contribution < 1.29 is 13.6 Å². The summed E-state index contributed by atoms with van der Waals surface area (Å²) in [4.78, 5) is 11.4. The highest BCUT2D eigenvalue weighted by Gasteiger charge is 2.14. The second-order valence-electron chi connectivity index (χ2n) is 3.62. The van der Waals surface area contributed by atoms with E-state index in [2.05, 4.69) is 5.32 Å². The van der Waals surface area contributed by atoms with Gasteiger partial charge in [0.1, 0.15) is 0 Å². The minimum Gasteiger partial charge on any atom is -0.352 e. The van der Waals surface area contributed by atoms with Crippen molar-refractivity contribution in [3.63, 3.8) is 0 Å². The molecule has 6 heteroatoms. The van der Waals surface area contributed by atoms with Gasteiger partial charge in [-0.05, 0) is 25.5 Å². The van der Waals surface area contributed by atoms with Crippen LogP contribution in [0.25, 0.3) is 0 Å². The van der Waals surface area contributed by atoms with Gasteiger partial charge < -0.3 is 11.1 Å². The van der Waals surface area contributed by atoms with E-state index in [1.165, 1.54) is 12.1 Å².